The minimum atomic E-state index is -4.25. The Bertz CT molecular complexity index is 4110. The molecule has 0 saturated heterocycles. The van der Waals surface area contributed by atoms with Gasteiger partial charge in [-0.1, -0.05) is 203 Å². The molecule has 9 aromatic rings. The van der Waals surface area contributed by atoms with Gasteiger partial charge < -0.3 is 5.11 Å². The normalized spacial score (nSPS) is 18.0. The van der Waals surface area contributed by atoms with Gasteiger partial charge >= 0.3 is 0 Å². The Labute approximate surface area is 460 Å². The van der Waals surface area contributed by atoms with E-state index in [1.165, 1.54) is 22.8 Å². The number of hydrogen-bond acceptors (Lipinski definition) is 3. The van der Waals surface area contributed by atoms with Crippen LogP contribution in [0.15, 0.2) is 158 Å². The number of phenolic OH excluding ortho intramolecular Hbond substituents is 1. The maximum Gasteiger partial charge on any atom is 0.148 e. The molecule has 0 saturated carbocycles. The number of aromatic hydroxyl groups is 1. The molecule has 9 rings (SSSR count). The number of nitrogens with zero attached hydrogens (tertiary/aromatic N) is 3. The fourth-order valence-electron chi connectivity index (χ4n) is 8.96. The van der Waals surface area contributed by atoms with Crippen molar-refractivity contribution in [2.75, 3.05) is 0 Å². The molecule has 0 atom stereocenters. The fraction of sp³-hybridized carbons (Fsp3) is 0.262. The van der Waals surface area contributed by atoms with Gasteiger partial charge in [0.05, 0.1) is 22.3 Å². The number of benzene rings is 7. The van der Waals surface area contributed by atoms with Crippen LogP contribution in [0.1, 0.15) is 139 Å². The second-order valence-corrected chi connectivity index (χ2v) is 19.7. The number of para-hydroxylation sites is 1. The molecule has 70 heavy (non-hydrogen) atoms. The first kappa shape index (κ1) is 29.7. The third-order valence-electron chi connectivity index (χ3n) is 12.5. The summed E-state index contributed by atoms with van der Waals surface area (Å²) in [5, 5.41) is 13.2. The van der Waals surface area contributed by atoms with Gasteiger partial charge in [0.25, 0.3) is 0 Å². The molecule has 5 heteroatoms. The predicted octanol–water partition coefficient (Wildman–Crippen LogP) is 17.4. The fourth-order valence-corrected chi connectivity index (χ4v) is 8.96. The molecule has 0 aliphatic rings. The summed E-state index contributed by atoms with van der Waals surface area (Å²) >= 11 is 0. The number of aryl methyl sites for hydroxylation is 1. The number of imidazole rings is 1. The summed E-state index contributed by atoms with van der Waals surface area (Å²) in [5.41, 5.74) is -6.22. The van der Waals surface area contributed by atoms with Crippen molar-refractivity contribution < 1.29 is 55.0 Å². The Morgan fingerprint density at radius 1 is 0.529 bits per heavy atom. The van der Waals surface area contributed by atoms with Crippen molar-refractivity contribution in [2.45, 2.75) is 111 Å². The van der Waals surface area contributed by atoms with Crippen molar-refractivity contribution in [1.82, 2.24) is 14.5 Å². The van der Waals surface area contributed by atoms with Gasteiger partial charge in [-0.2, -0.15) is 0 Å². The van der Waals surface area contributed by atoms with E-state index in [2.05, 4.69) is 6.07 Å². The summed E-state index contributed by atoms with van der Waals surface area (Å²) in [5.74, 6) is -2.16. The average Bonchev–Trinajstić information content (AvgIpc) is 1.13. The number of pyridine rings is 1. The third-order valence-corrected chi connectivity index (χ3v) is 12.5. The van der Waals surface area contributed by atoms with Crippen molar-refractivity contribution in [3.05, 3.63) is 192 Å². The van der Waals surface area contributed by atoms with E-state index in [1.807, 2.05) is 145 Å². The van der Waals surface area contributed by atoms with E-state index in [1.54, 1.807) is 24.4 Å². The summed E-state index contributed by atoms with van der Waals surface area (Å²) in [6.07, 6.45) is 1.66. The largest absolute Gasteiger partial charge is 0.507 e. The smallest absolute Gasteiger partial charge is 0.148 e. The minimum Gasteiger partial charge on any atom is -0.507 e. The predicted molar refractivity (Wildman–Crippen MR) is 292 cm³/mol. The van der Waals surface area contributed by atoms with Crippen LogP contribution in [0, 0.1) is 12.9 Å². The van der Waals surface area contributed by atoms with Crippen molar-refractivity contribution in [3.63, 3.8) is 0 Å². The van der Waals surface area contributed by atoms with Crippen LogP contribution in [-0.2, 0) is 42.7 Å². The first-order valence-electron chi connectivity index (χ1n) is 33.1. The standard InChI is InChI=1S/C65H66N3O.Pt/c1-41-34-45(58-50(43-24-18-15-19-25-43)26-20-28-53(58)64(8,9)10)30-31-56(41)68-57-29-21-27-51(59(57)67-61(68)52-39-49(63(5,6)7)40-54(60(52)69)65(11,12)13)46-35-47(37-48(36-46)62(2,3)4)55-38-44(32-33-66-55)42-22-16-14-17-23-42;/h14-34,36-40,69H,1-13H3;/q-1;/i1D3,5D3,6D3,7D3,11D3,12D3,13D3;. The zero-order valence-corrected chi connectivity index (χ0v) is 41.9. The quantitative estimate of drug-likeness (QED) is 0.162. The molecule has 4 nitrogen and oxygen atoms in total. The number of hydrogen-bond donors (Lipinski definition) is 1. The molecule has 0 spiro atoms. The zero-order chi connectivity index (χ0) is 66.7. The van der Waals surface area contributed by atoms with E-state index in [9.17, 15) is 9.22 Å². The second kappa shape index (κ2) is 18.8. The monoisotopic (exact) mass is 1120 g/mol. The Balaban J connectivity index is 0.0000107. The molecule has 0 amide bonds. The summed E-state index contributed by atoms with van der Waals surface area (Å²) in [4.78, 5) is 9.86. The Kier molecular flexibility index (Phi) is 7.97. The maximum absolute atomic E-state index is 13.2. The first-order chi connectivity index (χ1) is 41.3. The van der Waals surface area contributed by atoms with Crippen molar-refractivity contribution in [1.29, 1.82) is 0 Å². The van der Waals surface area contributed by atoms with E-state index in [0.717, 1.165) is 33.4 Å². The Morgan fingerprint density at radius 3 is 1.86 bits per heavy atom. The number of rotatable bonds is 7. The molecule has 2 aromatic heterocycles. The van der Waals surface area contributed by atoms with E-state index in [0.29, 0.717) is 34.0 Å². The van der Waals surface area contributed by atoms with Gasteiger partial charge in [0.1, 0.15) is 11.6 Å². The van der Waals surface area contributed by atoms with Crippen LogP contribution >= 0.6 is 0 Å². The van der Waals surface area contributed by atoms with Crippen molar-refractivity contribution in [2.24, 2.45) is 0 Å². The van der Waals surface area contributed by atoms with Crippen molar-refractivity contribution in [3.8, 4) is 78.6 Å². The van der Waals surface area contributed by atoms with Gasteiger partial charge in [-0.3, -0.25) is 9.55 Å². The second-order valence-electron chi connectivity index (χ2n) is 19.7. The van der Waals surface area contributed by atoms with Gasteiger partial charge in [-0.05, 0) is 109 Å². The number of fused-ring (bicyclic) bond motifs is 1. The van der Waals surface area contributed by atoms with Gasteiger partial charge in [-0.25, -0.2) is 4.98 Å². The van der Waals surface area contributed by atoms with Crippen LogP contribution in [0.5, 0.6) is 5.75 Å². The van der Waals surface area contributed by atoms with Crippen LogP contribution in [0.3, 0.4) is 0 Å². The number of aromatic nitrogens is 3. The van der Waals surface area contributed by atoms with Crippen LogP contribution in [-0.4, -0.2) is 19.6 Å². The summed E-state index contributed by atoms with van der Waals surface area (Å²) in [7, 11) is 0. The number of phenols is 1. The first-order valence-corrected chi connectivity index (χ1v) is 22.6. The summed E-state index contributed by atoms with van der Waals surface area (Å²) in [6.45, 7) is -16.2. The topological polar surface area (TPSA) is 50.9 Å². The molecular formula is C65H66N3OPt-. The van der Waals surface area contributed by atoms with E-state index >= 15 is 0 Å². The molecule has 0 bridgehead atoms. The SMILES string of the molecule is [2H]C([2H])([2H])c1cc(-c2c(-c3ccccc3)cccc2C(C)(C)C)ccc1-n1c(-c2cc(C(C([2H])([2H])[2H])(C([2H])([2H])[2H])C([2H])([2H])[2H])cc(C(C([2H])([2H])[2H])(C([2H])([2H])[2H])C([2H])([2H])[2H])c2O)nc2c(-c3[c-]c(-c4cc(-c5ccccc5)ccn4)cc(C(C)(C)C)c3)cccc21.[Pt]. The third kappa shape index (κ3) is 9.73. The molecule has 0 aliphatic carbocycles. The van der Waals surface area contributed by atoms with Crippen LogP contribution in [0.2, 0.25) is 0 Å². The molecule has 7 aromatic carbocycles. The van der Waals surface area contributed by atoms with Gasteiger partial charge in [0.15, 0.2) is 0 Å². The average molecular weight is 1120 g/mol. The van der Waals surface area contributed by atoms with Crippen molar-refractivity contribution >= 4 is 11.0 Å². The molecule has 0 fully saturated rings. The van der Waals surface area contributed by atoms with E-state index < -0.39 is 97.9 Å². The van der Waals surface area contributed by atoms with Gasteiger partial charge in [0, 0.05) is 67.3 Å². The van der Waals surface area contributed by atoms with Crippen LogP contribution < -0.4 is 0 Å². The molecule has 1 N–H and O–H groups in total. The molecule has 0 aliphatic heterocycles. The van der Waals surface area contributed by atoms with Crippen LogP contribution in [0.4, 0.5) is 0 Å². The zero-order valence-electron chi connectivity index (χ0n) is 60.6. The van der Waals surface area contributed by atoms with E-state index in [-0.39, 0.29) is 55.0 Å². The van der Waals surface area contributed by atoms with Gasteiger partial charge in [-0.15, -0.1) is 29.3 Å². The molecule has 0 unspecified atom stereocenters. The maximum atomic E-state index is 13.2. The molecule has 0 radical (unpaired) electrons. The summed E-state index contributed by atoms with van der Waals surface area (Å²) < 4.78 is 188. The minimum absolute atomic E-state index is 0. The summed E-state index contributed by atoms with van der Waals surface area (Å²) in [6, 6.07) is 46.0. The van der Waals surface area contributed by atoms with E-state index in [4.69, 9.17) is 34.6 Å². The molecular weight excluding hydrogens is 1030 g/mol. The van der Waals surface area contributed by atoms with Crippen LogP contribution in [0.25, 0.3) is 83.9 Å². The Morgan fingerprint density at radius 2 is 1.19 bits per heavy atom. The molecule has 358 valence electrons. The molecule has 2 heterocycles. The van der Waals surface area contributed by atoms with Gasteiger partial charge in [0.2, 0.25) is 0 Å². The Hall–Kier alpha value is -6.35.